The zero-order chi connectivity index (χ0) is 11.2. The molecule has 0 atom stereocenters. The van der Waals surface area contributed by atoms with Crippen molar-refractivity contribution in [2.75, 3.05) is 0 Å². The van der Waals surface area contributed by atoms with E-state index in [0.29, 0.717) is 0 Å². The summed E-state index contributed by atoms with van der Waals surface area (Å²) < 4.78 is 0. The monoisotopic (exact) mass is 236 g/mol. The van der Waals surface area contributed by atoms with E-state index in [1.807, 2.05) is 0 Å². The van der Waals surface area contributed by atoms with Gasteiger partial charge in [-0.05, 0) is 29.2 Å². The van der Waals surface area contributed by atoms with Crippen LogP contribution < -0.4 is 29.6 Å². The molecule has 2 aromatic rings. The third-order valence-electron chi connectivity index (χ3n) is 3.18. The maximum atomic E-state index is 2.27. The Kier molecular flexibility index (Phi) is 6.87. The van der Waals surface area contributed by atoms with E-state index in [0.717, 1.165) is 0 Å². The van der Waals surface area contributed by atoms with Gasteiger partial charge in [0.2, 0.25) is 0 Å². The van der Waals surface area contributed by atoms with E-state index < -0.39 is 0 Å². The van der Waals surface area contributed by atoms with Crippen molar-refractivity contribution in [3.63, 3.8) is 0 Å². The number of fused-ring (bicyclic) bond motifs is 1. The van der Waals surface area contributed by atoms with Crippen molar-refractivity contribution in [2.45, 2.75) is 39.0 Å². The van der Waals surface area contributed by atoms with Gasteiger partial charge in [-0.1, -0.05) is 68.7 Å². The molecule has 0 spiro atoms. The van der Waals surface area contributed by atoms with Crippen LogP contribution in [0.5, 0.6) is 0 Å². The third kappa shape index (κ3) is 4.13. The largest absolute Gasteiger partial charge is 1.00 e. The molecular weight excluding hydrogens is 215 g/mol. The molecule has 0 saturated carbocycles. The van der Waals surface area contributed by atoms with Crippen molar-refractivity contribution in [1.82, 2.24) is 0 Å². The molecule has 0 aromatic heterocycles. The van der Waals surface area contributed by atoms with Crippen molar-refractivity contribution in [2.24, 2.45) is 0 Å². The molecular formula is C16H21Na. The molecule has 86 valence electrons. The number of aryl methyl sites for hydroxylation is 1. The minimum Gasteiger partial charge on any atom is -1.00 e. The summed E-state index contributed by atoms with van der Waals surface area (Å²) in [7, 11) is 0. The average Bonchev–Trinajstić information content (AvgIpc) is 2.35. The predicted molar refractivity (Wildman–Crippen MR) is 72.9 cm³/mol. The van der Waals surface area contributed by atoms with E-state index >= 15 is 0 Å². The van der Waals surface area contributed by atoms with E-state index in [1.54, 1.807) is 0 Å². The van der Waals surface area contributed by atoms with Crippen LogP contribution >= 0.6 is 0 Å². The van der Waals surface area contributed by atoms with Gasteiger partial charge in [0.25, 0.3) is 0 Å². The zero-order valence-electron chi connectivity index (χ0n) is 12.1. The number of unbranched alkanes of at least 4 members (excludes halogenated alkanes) is 3. The molecule has 0 aliphatic rings. The summed E-state index contributed by atoms with van der Waals surface area (Å²) in [5.41, 5.74) is 1.51. The Morgan fingerprint density at radius 1 is 0.882 bits per heavy atom. The van der Waals surface area contributed by atoms with Gasteiger partial charge < -0.3 is 1.43 Å². The van der Waals surface area contributed by atoms with E-state index in [2.05, 4.69) is 49.4 Å². The van der Waals surface area contributed by atoms with Crippen LogP contribution in [0.1, 0.15) is 39.6 Å². The van der Waals surface area contributed by atoms with Gasteiger partial charge in [0.15, 0.2) is 0 Å². The molecule has 2 aromatic carbocycles. The Morgan fingerprint density at radius 2 is 1.65 bits per heavy atom. The predicted octanol–water partition coefficient (Wildman–Crippen LogP) is 2.08. The van der Waals surface area contributed by atoms with Crippen molar-refractivity contribution in [3.05, 3.63) is 48.0 Å². The fraction of sp³-hybridized carbons (Fsp3) is 0.375. The molecule has 0 N–H and O–H groups in total. The third-order valence-corrected chi connectivity index (χ3v) is 3.18. The molecule has 0 nitrogen and oxygen atoms in total. The first-order valence-corrected chi connectivity index (χ1v) is 6.38. The van der Waals surface area contributed by atoms with E-state index in [1.165, 1.54) is 48.4 Å². The van der Waals surface area contributed by atoms with Gasteiger partial charge in [-0.15, -0.1) is 0 Å². The fourth-order valence-corrected chi connectivity index (χ4v) is 2.25. The molecule has 0 aliphatic carbocycles. The molecule has 17 heavy (non-hydrogen) atoms. The summed E-state index contributed by atoms with van der Waals surface area (Å²) in [6.07, 6.45) is 6.59. The number of hydrogen-bond donors (Lipinski definition) is 0. The Balaban J connectivity index is 0.00000144. The number of rotatable bonds is 5. The van der Waals surface area contributed by atoms with Crippen molar-refractivity contribution in [1.29, 1.82) is 0 Å². The Hall–Kier alpha value is -0.300. The van der Waals surface area contributed by atoms with Gasteiger partial charge in [0.1, 0.15) is 0 Å². The normalized spacial score (nSPS) is 10.2. The topological polar surface area (TPSA) is 0 Å². The molecule has 0 saturated heterocycles. The molecule has 0 unspecified atom stereocenters. The van der Waals surface area contributed by atoms with Crippen LogP contribution in [0.3, 0.4) is 0 Å². The summed E-state index contributed by atoms with van der Waals surface area (Å²) in [6, 6.07) is 15.3. The van der Waals surface area contributed by atoms with Crippen LogP contribution in [0.15, 0.2) is 42.5 Å². The van der Waals surface area contributed by atoms with Gasteiger partial charge in [-0.3, -0.25) is 0 Å². The first-order chi connectivity index (χ1) is 7.92. The SMILES string of the molecule is CCCCCCc1cccc2ccccc12.[H-].[Na+]. The van der Waals surface area contributed by atoms with E-state index in [-0.39, 0.29) is 31.0 Å². The summed E-state index contributed by atoms with van der Waals surface area (Å²) in [4.78, 5) is 0. The molecule has 0 radical (unpaired) electrons. The van der Waals surface area contributed by atoms with Crippen molar-refractivity contribution in [3.8, 4) is 0 Å². The van der Waals surface area contributed by atoms with Crippen LogP contribution in [0.25, 0.3) is 10.8 Å². The summed E-state index contributed by atoms with van der Waals surface area (Å²) in [5, 5.41) is 2.80. The number of benzene rings is 2. The van der Waals surface area contributed by atoms with Gasteiger partial charge >= 0.3 is 29.6 Å². The van der Waals surface area contributed by atoms with Crippen LogP contribution in [0.4, 0.5) is 0 Å². The molecule has 0 amide bonds. The first kappa shape index (κ1) is 14.8. The number of hydrogen-bond acceptors (Lipinski definition) is 0. The van der Waals surface area contributed by atoms with Crippen LogP contribution in [-0.4, -0.2) is 0 Å². The second-order valence-electron chi connectivity index (χ2n) is 4.45. The van der Waals surface area contributed by atoms with Crippen molar-refractivity contribution >= 4 is 10.8 Å². The first-order valence-electron chi connectivity index (χ1n) is 6.38. The smallest absolute Gasteiger partial charge is 1.00 e. The quantitative estimate of drug-likeness (QED) is 0.551. The van der Waals surface area contributed by atoms with Gasteiger partial charge in [0.05, 0.1) is 0 Å². The van der Waals surface area contributed by atoms with E-state index in [4.69, 9.17) is 0 Å². The zero-order valence-corrected chi connectivity index (χ0v) is 13.1. The molecule has 0 aliphatic heterocycles. The van der Waals surface area contributed by atoms with E-state index in [9.17, 15) is 0 Å². The second kappa shape index (κ2) is 7.92. The molecule has 2 rings (SSSR count). The minimum atomic E-state index is 0. The summed E-state index contributed by atoms with van der Waals surface area (Å²) in [5.74, 6) is 0. The Labute approximate surface area is 128 Å². The average molecular weight is 236 g/mol. The summed E-state index contributed by atoms with van der Waals surface area (Å²) in [6.45, 7) is 2.26. The maximum absolute atomic E-state index is 2.27. The Bertz CT molecular complexity index is 448. The minimum absolute atomic E-state index is 0. The van der Waals surface area contributed by atoms with Crippen LogP contribution in [0.2, 0.25) is 0 Å². The molecule has 0 bridgehead atoms. The molecule has 0 heterocycles. The van der Waals surface area contributed by atoms with Crippen molar-refractivity contribution < 1.29 is 31.0 Å². The van der Waals surface area contributed by atoms with Crippen LogP contribution in [-0.2, 0) is 6.42 Å². The fourth-order valence-electron chi connectivity index (χ4n) is 2.25. The molecule has 1 heteroatoms. The van der Waals surface area contributed by atoms with Crippen LogP contribution in [0, 0.1) is 0 Å². The van der Waals surface area contributed by atoms with Gasteiger partial charge in [0, 0.05) is 0 Å². The van der Waals surface area contributed by atoms with Gasteiger partial charge in [-0.25, -0.2) is 0 Å². The summed E-state index contributed by atoms with van der Waals surface area (Å²) >= 11 is 0. The second-order valence-corrected chi connectivity index (χ2v) is 4.45. The maximum Gasteiger partial charge on any atom is 1.00 e. The van der Waals surface area contributed by atoms with Gasteiger partial charge in [-0.2, -0.15) is 0 Å². The Morgan fingerprint density at radius 3 is 2.47 bits per heavy atom. The standard InChI is InChI=1S/C16H20.Na.H/c1-2-3-4-5-9-14-11-8-12-15-10-6-7-13-16(14)15;;/h6-8,10-13H,2-5,9H2,1H3;;/q;+1;-1. The molecule has 0 fully saturated rings.